The highest BCUT2D eigenvalue weighted by Gasteiger charge is 2.45. The van der Waals surface area contributed by atoms with Crippen LogP contribution in [0.25, 0.3) is 0 Å². The molecule has 5 nitrogen and oxygen atoms in total. The lowest BCUT2D eigenvalue weighted by Crippen LogP contribution is -2.42. The van der Waals surface area contributed by atoms with Crippen LogP contribution < -0.4 is 0 Å². The number of esters is 2. The van der Waals surface area contributed by atoms with Crippen LogP contribution in [0.4, 0.5) is 0 Å². The molecule has 0 radical (unpaired) electrons. The van der Waals surface area contributed by atoms with E-state index in [-0.39, 0.29) is 24.8 Å². The molecule has 134 valence electrons. The number of rotatable bonds is 8. The van der Waals surface area contributed by atoms with Crippen molar-refractivity contribution in [3.05, 3.63) is 0 Å². The highest BCUT2D eigenvalue weighted by atomic mass is 16.6. The third-order valence-electron chi connectivity index (χ3n) is 4.98. The van der Waals surface area contributed by atoms with Crippen molar-refractivity contribution in [3.8, 4) is 0 Å². The van der Waals surface area contributed by atoms with Crippen LogP contribution in [0.1, 0.15) is 73.1 Å². The van der Waals surface area contributed by atoms with Crippen molar-refractivity contribution >= 4 is 11.9 Å². The van der Waals surface area contributed by atoms with Gasteiger partial charge in [-0.1, -0.05) is 6.92 Å². The summed E-state index contributed by atoms with van der Waals surface area (Å²) >= 11 is 0. The lowest BCUT2D eigenvalue weighted by atomic mass is 9.72. The Morgan fingerprint density at radius 1 is 1.13 bits per heavy atom. The maximum absolute atomic E-state index is 12.8. The lowest BCUT2D eigenvalue weighted by Gasteiger charge is -2.36. The molecule has 0 heterocycles. The van der Waals surface area contributed by atoms with Crippen LogP contribution in [-0.4, -0.2) is 35.9 Å². The number of ether oxygens (including phenoxy) is 2. The van der Waals surface area contributed by atoms with E-state index in [0.29, 0.717) is 12.8 Å². The zero-order valence-corrected chi connectivity index (χ0v) is 15.2. The van der Waals surface area contributed by atoms with Crippen LogP contribution in [0.3, 0.4) is 0 Å². The second-order valence-electron chi connectivity index (χ2n) is 7.88. The molecular weight excluding hydrogens is 296 g/mol. The van der Waals surface area contributed by atoms with Crippen molar-refractivity contribution < 1.29 is 24.2 Å². The Kier molecular flexibility index (Phi) is 6.63. The second-order valence-corrected chi connectivity index (χ2v) is 7.88. The molecule has 1 aliphatic rings. The Hall–Kier alpha value is -1.10. The SMILES string of the molecule is CCC(C)(CC(C)(C)C(=O)OCCO)C(=O)OC1(C)CCCC1. The zero-order chi connectivity index (χ0) is 17.7. The number of hydrogen-bond donors (Lipinski definition) is 1. The van der Waals surface area contributed by atoms with Crippen molar-refractivity contribution in [2.45, 2.75) is 78.7 Å². The first-order valence-electron chi connectivity index (χ1n) is 8.60. The number of carbonyl (C=O) groups is 2. The zero-order valence-electron chi connectivity index (χ0n) is 15.2. The molecule has 0 bridgehead atoms. The summed E-state index contributed by atoms with van der Waals surface area (Å²) in [6, 6.07) is 0. The minimum absolute atomic E-state index is 0.0202. The molecule has 5 heteroatoms. The average molecular weight is 328 g/mol. The van der Waals surface area contributed by atoms with Gasteiger partial charge >= 0.3 is 11.9 Å². The maximum atomic E-state index is 12.8. The molecule has 1 unspecified atom stereocenters. The summed E-state index contributed by atoms with van der Waals surface area (Å²) in [5.74, 6) is -0.626. The first-order valence-corrected chi connectivity index (χ1v) is 8.60. The topological polar surface area (TPSA) is 72.8 Å². The van der Waals surface area contributed by atoms with E-state index in [1.165, 1.54) is 0 Å². The maximum Gasteiger partial charge on any atom is 0.312 e. The van der Waals surface area contributed by atoms with Gasteiger partial charge < -0.3 is 14.6 Å². The van der Waals surface area contributed by atoms with Gasteiger partial charge in [-0.25, -0.2) is 0 Å². The van der Waals surface area contributed by atoms with Crippen LogP contribution in [-0.2, 0) is 19.1 Å². The summed E-state index contributed by atoms with van der Waals surface area (Å²) in [5.41, 5.74) is -1.90. The molecule has 1 N–H and O–H groups in total. The van der Waals surface area contributed by atoms with Gasteiger partial charge in [-0.2, -0.15) is 0 Å². The van der Waals surface area contributed by atoms with Gasteiger partial charge in [-0.15, -0.1) is 0 Å². The molecule has 0 spiro atoms. The van der Waals surface area contributed by atoms with Gasteiger partial charge in [0.05, 0.1) is 17.4 Å². The number of carbonyl (C=O) groups excluding carboxylic acids is 2. The van der Waals surface area contributed by atoms with E-state index in [4.69, 9.17) is 14.6 Å². The number of aliphatic hydroxyl groups is 1. The summed E-state index contributed by atoms with van der Waals surface area (Å²) < 4.78 is 10.9. The fraction of sp³-hybridized carbons (Fsp3) is 0.889. The Morgan fingerprint density at radius 3 is 2.17 bits per heavy atom. The Bertz CT molecular complexity index is 423. The van der Waals surface area contributed by atoms with Crippen molar-refractivity contribution in [1.29, 1.82) is 0 Å². The normalized spacial score (nSPS) is 19.9. The van der Waals surface area contributed by atoms with Gasteiger partial charge in [0.1, 0.15) is 12.2 Å². The fourth-order valence-electron chi connectivity index (χ4n) is 3.29. The molecule has 0 aromatic rings. The van der Waals surface area contributed by atoms with Crippen molar-refractivity contribution in [2.75, 3.05) is 13.2 Å². The molecule has 0 aromatic carbocycles. The minimum atomic E-state index is -0.810. The summed E-state index contributed by atoms with van der Waals surface area (Å²) in [4.78, 5) is 24.9. The first-order chi connectivity index (χ1) is 10.6. The standard InChI is InChI=1S/C18H32O5/c1-6-17(4,13-16(2,3)14(20)22-12-11-19)15(21)23-18(5)9-7-8-10-18/h19H,6-13H2,1-5H3. The minimum Gasteiger partial charge on any atom is -0.463 e. The predicted octanol–water partition coefficient (Wildman–Crippen LogP) is 3.23. The third-order valence-corrected chi connectivity index (χ3v) is 4.98. The fourth-order valence-corrected chi connectivity index (χ4v) is 3.29. The Morgan fingerprint density at radius 2 is 1.70 bits per heavy atom. The van der Waals surface area contributed by atoms with Gasteiger partial charge in [-0.3, -0.25) is 9.59 Å². The van der Waals surface area contributed by atoms with Gasteiger partial charge in [-0.05, 0) is 66.2 Å². The number of aliphatic hydroxyl groups excluding tert-OH is 1. The average Bonchev–Trinajstić information content (AvgIpc) is 2.90. The quantitative estimate of drug-likeness (QED) is 0.693. The Labute approximate surface area is 139 Å². The molecule has 1 aliphatic carbocycles. The lowest BCUT2D eigenvalue weighted by molar-refractivity contribution is -0.174. The Balaban J connectivity index is 2.78. The monoisotopic (exact) mass is 328 g/mol. The highest BCUT2D eigenvalue weighted by Crippen LogP contribution is 2.41. The van der Waals surface area contributed by atoms with Crippen LogP contribution in [0.5, 0.6) is 0 Å². The summed E-state index contributed by atoms with van der Waals surface area (Å²) in [7, 11) is 0. The molecular formula is C18H32O5. The predicted molar refractivity (Wildman–Crippen MR) is 87.8 cm³/mol. The van der Waals surface area contributed by atoms with Gasteiger partial charge in [0.2, 0.25) is 0 Å². The molecule has 0 saturated heterocycles. The highest BCUT2D eigenvalue weighted by molar-refractivity contribution is 5.80. The first kappa shape index (κ1) is 19.9. The molecule has 1 saturated carbocycles. The third kappa shape index (κ3) is 5.20. The van der Waals surface area contributed by atoms with E-state index in [2.05, 4.69) is 0 Å². The molecule has 23 heavy (non-hydrogen) atoms. The molecule has 1 fully saturated rings. The van der Waals surface area contributed by atoms with Crippen LogP contribution in [0, 0.1) is 10.8 Å². The van der Waals surface area contributed by atoms with E-state index < -0.39 is 16.8 Å². The molecule has 1 atom stereocenters. The molecule has 1 rings (SSSR count). The van der Waals surface area contributed by atoms with E-state index >= 15 is 0 Å². The van der Waals surface area contributed by atoms with Gasteiger partial charge in [0, 0.05) is 0 Å². The summed E-state index contributed by atoms with van der Waals surface area (Å²) in [5, 5.41) is 8.78. The molecule has 0 aromatic heterocycles. The summed E-state index contributed by atoms with van der Waals surface area (Å²) in [6.45, 7) is 9.11. The molecule has 0 aliphatic heterocycles. The summed E-state index contributed by atoms with van der Waals surface area (Å²) in [6.07, 6.45) is 4.94. The smallest absolute Gasteiger partial charge is 0.312 e. The van der Waals surface area contributed by atoms with Gasteiger partial charge in [0.15, 0.2) is 0 Å². The second kappa shape index (κ2) is 7.65. The van der Waals surface area contributed by atoms with Crippen molar-refractivity contribution in [2.24, 2.45) is 10.8 Å². The van der Waals surface area contributed by atoms with Crippen LogP contribution >= 0.6 is 0 Å². The van der Waals surface area contributed by atoms with Crippen molar-refractivity contribution in [3.63, 3.8) is 0 Å². The van der Waals surface area contributed by atoms with Crippen LogP contribution in [0.15, 0.2) is 0 Å². The van der Waals surface area contributed by atoms with E-state index in [1.54, 1.807) is 13.8 Å². The van der Waals surface area contributed by atoms with E-state index in [0.717, 1.165) is 25.7 Å². The van der Waals surface area contributed by atoms with E-state index in [1.807, 2.05) is 20.8 Å². The molecule has 0 amide bonds. The van der Waals surface area contributed by atoms with Gasteiger partial charge in [0.25, 0.3) is 0 Å². The van der Waals surface area contributed by atoms with Crippen LogP contribution in [0.2, 0.25) is 0 Å². The largest absolute Gasteiger partial charge is 0.463 e. The van der Waals surface area contributed by atoms with E-state index in [9.17, 15) is 9.59 Å². The van der Waals surface area contributed by atoms with Crippen molar-refractivity contribution in [1.82, 2.24) is 0 Å². The number of hydrogen-bond acceptors (Lipinski definition) is 5.